The summed E-state index contributed by atoms with van der Waals surface area (Å²) >= 11 is 0. The molecule has 4 rings (SSSR count). The summed E-state index contributed by atoms with van der Waals surface area (Å²) < 4.78 is 64.6. The fourth-order valence-electron chi connectivity index (χ4n) is 4.09. The molecule has 0 aromatic heterocycles. The molecule has 0 bridgehead atoms. The molecule has 10 nitrogen and oxygen atoms in total. The first-order valence-corrected chi connectivity index (χ1v) is 16.3. The van der Waals surface area contributed by atoms with Gasteiger partial charge in [-0.2, -0.15) is 16.8 Å². The molecule has 0 radical (unpaired) electrons. The molecule has 222 valence electrons. The van der Waals surface area contributed by atoms with Crippen molar-refractivity contribution < 1.29 is 30.7 Å². The number of aryl methyl sites for hydroxylation is 2. The Kier molecular flexibility index (Phi) is 14.1. The highest BCUT2D eigenvalue weighted by atomic mass is 32.2. The first kappa shape index (κ1) is 33.8. The second kappa shape index (κ2) is 16.7. The van der Waals surface area contributed by atoms with Crippen LogP contribution in [0.2, 0.25) is 0 Å². The van der Waals surface area contributed by atoms with Crippen LogP contribution < -0.4 is 0 Å². The van der Waals surface area contributed by atoms with Crippen LogP contribution in [0.1, 0.15) is 50.2 Å². The van der Waals surface area contributed by atoms with Crippen molar-refractivity contribution in [2.24, 2.45) is 9.98 Å². The Bertz CT molecular complexity index is 1230. The average molecular weight is 596 g/mol. The van der Waals surface area contributed by atoms with Crippen molar-refractivity contribution >= 4 is 26.2 Å². The highest BCUT2D eigenvalue weighted by molar-refractivity contribution is 7.86. The molecule has 1 atom stereocenters. The van der Waals surface area contributed by atoms with E-state index >= 15 is 0 Å². The number of aliphatic imine (C=N–C) groups is 2. The predicted molar refractivity (Wildman–Crippen MR) is 155 cm³/mol. The Morgan fingerprint density at radius 2 is 1.38 bits per heavy atom. The minimum atomic E-state index is -4.02. The van der Waals surface area contributed by atoms with Gasteiger partial charge in [-0.15, -0.1) is 0 Å². The molecule has 0 amide bonds. The lowest BCUT2D eigenvalue weighted by molar-refractivity contribution is -0.0169. The highest BCUT2D eigenvalue weighted by Gasteiger charge is 2.15. The van der Waals surface area contributed by atoms with Gasteiger partial charge in [0.25, 0.3) is 20.2 Å². The minimum Gasteiger partial charge on any atom is -0.376 e. The van der Waals surface area contributed by atoms with Crippen molar-refractivity contribution in [2.75, 3.05) is 32.8 Å². The maximum absolute atomic E-state index is 10.5. The van der Waals surface area contributed by atoms with E-state index in [0.717, 1.165) is 43.9 Å². The summed E-state index contributed by atoms with van der Waals surface area (Å²) in [6, 6.07) is 15.4. The number of benzene rings is 2. The molecular formula is C28H41N3O7S2. The molecule has 0 spiro atoms. The number of hydrogen-bond donors (Lipinski definition) is 2. The Morgan fingerprint density at radius 3 is 1.82 bits per heavy atom. The molecule has 1 saturated heterocycles. The van der Waals surface area contributed by atoms with Crippen LogP contribution in [0.5, 0.6) is 0 Å². The zero-order chi connectivity index (χ0) is 29.6. The van der Waals surface area contributed by atoms with Crippen LogP contribution in [0.15, 0.2) is 68.3 Å². The number of morpholine rings is 1. The zero-order valence-electron chi connectivity index (χ0n) is 23.4. The second-order valence-corrected chi connectivity index (χ2v) is 12.8. The van der Waals surface area contributed by atoms with Crippen molar-refractivity contribution in [2.45, 2.75) is 74.8 Å². The third-order valence-corrected chi connectivity index (χ3v) is 8.11. The molecule has 2 N–H and O–H groups in total. The number of rotatable bonds is 6. The SMILES string of the molecule is CC1CN(CCN=C=NC2CCCCC2)CCO1.Cc1ccc(S(=O)(=O)O)cc1.Cc1ccc(S(=O)(=O)O)cc1. The Morgan fingerprint density at radius 1 is 0.875 bits per heavy atom. The Hall–Kier alpha value is -2.44. The van der Waals surface area contributed by atoms with Crippen LogP contribution in [0.3, 0.4) is 0 Å². The first-order valence-electron chi connectivity index (χ1n) is 13.4. The van der Waals surface area contributed by atoms with Gasteiger partial charge in [0.1, 0.15) is 0 Å². The van der Waals surface area contributed by atoms with Gasteiger partial charge in [-0.05, 0) is 57.9 Å². The van der Waals surface area contributed by atoms with Crippen LogP contribution in [0.25, 0.3) is 0 Å². The summed E-state index contributed by atoms with van der Waals surface area (Å²) in [5.74, 6) is 0. The third-order valence-electron chi connectivity index (χ3n) is 6.38. The molecule has 2 fully saturated rings. The van der Waals surface area contributed by atoms with Crippen molar-refractivity contribution in [1.82, 2.24) is 4.90 Å². The maximum Gasteiger partial charge on any atom is 0.294 e. The molecule has 40 heavy (non-hydrogen) atoms. The standard InChI is InChI=1S/C14H25N3O.2C7H8O3S/c1-13-11-17(9-10-18-13)8-7-15-12-16-14-5-3-2-4-6-14;2*1-6-2-4-7(5-3-6)11(8,9)10/h13-14H,2-11H2,1H3;2*2-5H,1H3,(H,8,9,10). The van der Waals surface area contributed by atoms with Gasteiger partial charge in [0, 0.05) is 19.6 Å². The van der Waals surface area contributed by atoms with Gasteiger partial charge in [0.15, 0.2) is 0 Å². The molecule has 12 heteroatoms. The van der Waals surface area contributed by atoms with Gasteiger partial charge in [0.2, 0.25) is 0 Å². The van der Waals surface area contributed by atoms with E-state index in [-0.39, 0.29) is 9.79 Å². The monoisotopic (exact) mass is 595 g/mol. The molecular weight excluding hydrogens is 554 g/mol. The van der Waals surface area contributed by atoms with Gasteiger partial charge < -0.3 is 4.74 Å². The smallest absolute Gasteiger partial charge is 0.294 e. The van der Waals surface area contributed by atoms with Crippen molar-refractivity contribution in [3.05, 3.63) is 59.7 Å². The summed E-state index contributed by atoms with van der Waals surface area (Å²) in [6.45, 7) is 10.5. The number of nitrogens with zero attached hydrogens (tertiary/aromatic N) is 3. The maximum atomic E-state index is 10.5. The Balaban J connectivity index is 0.000000222. The number of hydrogen-bond acceptors (Lipinski definition) is 8. The number of ether oxygens (including phenoxy) is 1. The fourth-order valence-corrected chi connectivity index (χ4v) is 5.05. The molecule has 1 heterocycles. The van der Waals surface area contributed by atoms with Crippen LogP contribution in [-0.2, 0) is 25.0 Å². The molecule has 2 aromatic rings. The summed E-state index contributed by atoms with van der Waals surface area (Å²) in [5, 5.41) is 0. The molecule has 1 aliphatic carbocycles. The summed E-state index contributed by atoms with van der Waals surface area (Å²) in [5.41, 5.74) is 1.91. The van der Waals surface area contributed by atoms with E-state index in [1.54, 1.807) is 24.3 Å². The van der Waals surface area contributed by atoms with Gasteiger partial charge in [-0.1, -0.05) is 54.7 Å². The lowest BCUT2D eigenvalue weighted by Crippen LogP contribution is -2.42. The molecule has 1 saturated carbocycles. The van der Waals surface area contributed by atoms with Crippen molar-refractivity contribution in [3.63, 3.8) is 0 Å². The van der Waals surface area contributed by atoms with E-state index in [4.69, 9.17) is 13.8 Å². The largest absolute Gasteiger partial charge is 0.376 e. The van der Waals surface area contributed by atoms with Crippen LogP contribution in [0, 0.1) is 13.8 Å². The molecule has 1 aliphatic heterocycles. The third kappa shape index (κ3) is 13.8. The van der Waals surface area contributed by atoms with E-state index in [2.05, 4.69) is 27.8 Å². The normalized spacial score (nSPS) is 18.3. The summed E-state index contributed by atoms with van der Waals surface area (Å²) in [7, 11) is -8.04. The quantitative estimate of drug-likeness (QED) is 0.361. The van der Waals surface area contributed by atoms with Crippen LogP contribution >= 0.6 is 0 Å². The zero-order valence-corrected chi connectivity index (χ0v) is 25.1. The first-order chi connectivity index (χ1) is 18.8. The molecule has 1 unspecified atom stereocenters. The molecule has 2 aliphatic rings. The Labute approximate surface area is 238 Å². The minimum absolute atomic E-state index is 0.0666. The van der Waals surface area contributed by atoms with E-state index in [1.807, 2.05) is 13.8 Å². The van der Waals surface area contributed by atoms with Crippen LogP contribution in [-0.4, -0.2) is 81.8 Å². The van der Waals surface area contributed by atoms with Gasteiger partial charge in [0.05, 0.1) is 41.1 Å². The lowest BCUT2D eigenvalue weighted by atomic mass is 9.96. The van der Waals surface area contributed by atoms with E-state index < -0.39 is 20.2 Å². The van der Waals surface area contributed by atoms with Crippen molar-refractivity contribution in [3.8, 4) is 0 Å². The predicted octanol–water partition coefficient (Wildman–Crippen LogP) is 4.70. The van der Waals surface area contributed by atoms with E-state index in [0.29, 0.717) is 12.1 Å². The van der Waals surface area contributed by atoms with Crippen LogP contribution in [0.4, 0.5) is 0 Å². The molecule has 2 aromatic carbocycles. The highest BCUT2D eigenvalue weighted by Crippen LogP contribution is 2.19. The average Bonchev–Trinajstić information content (AvgIpc) is 2.89. The van der Waals surface area contributed by atoms with E-state index in [1.165, 1.54) is 56.4 Å². The second-order valence-electron chi connectivity index (χ2n) is 9.96. The van der Waals surface area contributed by atoms with Crippen molar-refractivity contribution in [1.29, 1.82) is 0 Å². The van der Waals surface area contributed by atoms with Gasteiger partial charge in [-0.25, -0.2) is 9.98 Å². The van der Waals surface area contributed by atoms with Gasteiger partial charge in [-0.3, -0.25) is 14.0 Å². The topological polar surface area (TPSA) is 146 Å². The summed E-state index contributed by atoms with van der Waals surface area (Å²) in [4.78, 5) is 11.0. The van der Waals surface area contributed by atoms with E-state index in [9.17, 15) is 16.8 Å². The summed E-state index contributed by atoms with van der Waals surface area (Å²) in [6.07, 6.45) is 6.83. The fraction of sp³-hybridized carbons (Fsp3) is 0.536. The van der Waals surface area contributed by atoms with Gasteiger partial charge >= 0.3 is 0 Å². The lowest BCUT2D eigenvalue weighted by Gasteiger charge is -2.30.